The maximum atomic E-state index is 5.85. The lowest BCUT2D eigenvalue weighted by atomic mass is 10.2. The van der Waals surface area contributed by atoms with Crippen molar-refractivity contribution in [3.63, 3.8) is 0 Å². The molecule has 1 aliphatic rings. The standard InChI is InChI=1S/C21H22N4O2S/c1-15-4-6-17(7-5-15)14-27-18-10-8-16(9-11-18)13-22-25-20(23-24-21(25)28)19-3-2-12-26-19/h4-11,13,19H,2-3,12,14H2,1H3,(H,24,28)/b22-13-/t19-/m0/s1. The van der Waals surface area contributed by atoms with Crippen LogP contribution in [-0.4, -0.2) is 27.7 Å². The largest absolute Gasteiger partial charge is 0.489 e. The third-order valence-corrected chi connectivity index (χ3v) is 4.89. The van der Waals surface area contributed by atoms with Gasteiger partial charge >= 0.3 is 0 Å². The number of nitrogens with zero attached hydrogens (tertiary/aromatic N) is 3. The van der Waals surface area contributed by atoms with E-state index in [0.717, 1.165) is 42.1 Å². The highest BCUT2D eigenvalue weighted by atomic mass is 32.1. The van der Waals surface area contributed by atoms with Gasteiger partial charge in [0.2, 0.25) is 4.77 Å². The molecule has 1 fully saturated rings. The van der Waals surface area contributed by atoms with Gasteiger partial charge < -0.3 is 9.47 Å². The van der Waals surface area contributed by atoms with Crippen molar-refractivity contribution in [1.29, 1.82) is 0 Å². The third kappa shape index (κ3) is 4.37. The minimum Gasteiger partial charge on any atom is -0.489 e. The van der Waals surface area contributed by atoms with E-state index in [4.69, 9.17) is 21.7 Å². The van der Waals surface area contributed by atoms with Crippen molar-refractivity contribution >= 4 is 18.4 Å². The molecule has 1 N–H and O–H groups in total. The lowest BCUT2D eigenvalue weighted by Gasteiger charge is -2.08. The number of H-pyrrole nitrogens is 1. The van der Waals surface area contributed by atoms with Crippen molar-refractivity contribution in [2.75, 3.05) is 6.61 Å². The molecular weight excluding hydrogens is 372 g/mol. The van der Waals surface area contributed by atoms with Crippen LogP contribution in [0, 0.1) is 11.7 Å². The van der Waals surface area contributed by atoms with Gasteiger partial charge in [0.1, 0.15) is 18.5 Å². The van der Waals surface area contributed by atoms with Crippen molar-refractivity contribution in [2.45, 2.75) is 32.5 Å². The lowest BCUT2D eigenvalue weighted by Crippen LogP contribution is -2.05. The fourth-order valence-corrected chi connectivity index (χ4v) is 3.22. The Hall–Kier alpha value is -2.77. The molecule has 2 aromatic carbocycles. The van der Waals surface area contributed by atoms with Gasteiger partial charge in [0.25, 0.3) is 0 Å². The second-order valence-electron chi connectivity index (χ2n) is 6.79. The number of aryl methyl sites for hydroxylation is 1. The van der Waals surface area contributed by atoms with Crippen LogP contribution in [0.4, 0.5) is 0 Å². The minimum absolute atomic E-state index is 0.0531. The molecule has 1 aromatic heterocycles. The van der Waals surface area contributed by atoms with E-state index < -0.39 is 0 Å². The Morgan fingerprint density at radius 3 is 2.75 bits per heavy atom. The number of hydrogen-bond donors (Lipinski definition) is 1. The highest BCUT2D eigenvalue weighted by Crippen LogP contribution is 2.27. The molecule has 0 amide bonds. The molecule has 1 saturated heterocycles. The maximum Gasteiger partial charge on any atom is 0.216 e. The van der Waals surface area contributed by atoms with E-state index >= 15 is 0 Å². The molecule has 0 aliphatic carbocycles. The number of nitrogens with one attached hydrogen (secondary N) is 1. The summed E-state index contributed by atoms with van der Waals surface area (Å²) in [5, 5.41) is 11.6. The van der Waals surface area contributed by atoms with Crippen LogP contribution in [0.15, 0.2) is 53.6 Å². The third-order valence-electron chi connectivity index (χ3n) is 4.62. The lowest BCUT2D eigenvalue weighted by molar-refractivity contribution is 0.102. The summed E-state index contributed by atoms with van der Waals surface area (Å²) in [5.74, 6) is 1.54. The zero-order chi connectivity index (χ0) is 19.3. The van der Waals surface area contributed by atoms with Gasteiger partial charge in [-0.15, -0.1) is 0 Å². The van der Waals surface area contributed by atoms with E-state index in [0.29, 0.717) is 11.4 Å². The monoisotopic (exact) mass is 394 g/mol. The van der Waals surface area contributed by atoms with Crippen LogP contribution in [-0.2, 0) is 11.3 Å². The Morgan fingerprint density at radius 1 is 1.25 bits per heavy atom. The average molecular weight is 395 g/mol. The molecular formula is C21H22N4O2S. The summed E-state index contributed by atoms with van der Waals surface area (Å²) in [6, 6.07) is 16.1. The normalized spacial score (nSPS) is 16.7. The van der Waals surface area contributed by atoms with E-state index in [1.54, 1.807) is 10.9 Å². The van der Waals surface area contributed by atoms with Crippen LogP contribution in [0.3, 0.4) is 0 Å². The van der Waals surface area contributed by atoms with Gasteiger partial charge in [-0.25, -0.2) is 0 Å². The fraction of sp³-hybridized carbons (Fsp3) is 0.286. The van der Waals surface area contributed by atoms with Crippen LogP contribution in [0.5, 0.6) is 5.75 Å². The summed E-state index contributed by atoms with van der Waals surface area (Å²) >= 11 is 5.29. The van der Waals surface area contributed by atoms with E-state index in [1.807, 2.05) is 24.3 Å². The average Bonchev–Trinajstić information content (AvgIpc) is 3.36. The molecule has 6 nitrogen and oxygen atoms in total. The minimum atomic E-state index is -0.0531. The summed E-state index contributed by atoms with van der Waals surface area (Å²) in [5.41, 5.74) is 3.34. The second kappa shape index (κ2) is 8.50. The first-order valence-corrected chi connectivity index (χ1v) is 9.71. The van der Waals surface area contributed by atoms with E-state index in [9.17, 15) is 0 Å². The highest BCUT2D eigenvalue weighted by molar-refractivity contribution is 7.71. The van der Waals surface area contributed by atoms with Gasteiger partial charge in [-0.2, -0.15) is 14.9 Å². The summed E-state index contributed by atoms with van der Waals surface area (Å²) in [4.78, 5) is 0. The van der Waals surface area contributed by atoms with Crippen molar-refractivity contribution < 1.29 is 9.47 Å². The Morgan fingerprint density at radius 2 is 2.04 bits per heavy atom. The van der Waals surface area contributed by atoms with Crippen LogP contribution in [0.1, 0.15) is 41.5 Å². The number of hydrogen-bond acceptors (Lipinski definition) is 5. The van der Waals surface area contributed by atoms with Gasteiger partial charge in [-0.1, -0.05) is 29.8 Å². The molecule has 0 spiro atoms. The van der Waals surface area contributed by atoms with Crippen LogP contribution in [0.25, 0.3) is 0 Å². The molecule has 4 rings (SSSR count). The van der Waals surface area contributed by atoms with Crippen molar-refractivity contribution in [2.24, 2.45) is 5.10 Å². The zero-order valence-electron chi connectivity index (χ0n) is 15.7. The van der Waals surface area contributed by atoms with Crippen LogP contribution >= 0.6 is 12.2 Å². The Bertz CT molecular complexity index is 1000. The Kier molecular flexibility index (Phi) is 5.64. The van der Waals surface area contributed by atoms with Gasteiger partial charge in [-0.05, 0) is 67.4 Å². The Labute approximate surface area is 168 Å². The summed E-state index contributed by atoms with van der Waals surface area (Å²) < 4.78 is 13.6. The number of aromatic amines is 1. The zero-order valence-corrected chi connectivity index (χ0v) is 16.5. The topological polar surface area (TPSA) is 64.4 Å². The van der Waals surface area contributed by atoms with Crippen LogP contribution in [0.2, 0.25) is 0 Å². The molecule has 0 unspecified atom stereocenters. The van der Waals surface area contributed by atoms with E-state index in [2.05, 4.69) is 46.5 Å². The molecule has 28 heavy (non-hydrogen) atoms. The molecule has 1 atom stereocenters. The predicted octanol–water partition coefficient (Wildman–Crippen LogP) is 4.56. The summed E-state index contributed by atoms with van der Waals surface area (Å²) in [6.07, 6.45) is 3.66. The molecule has 144 valence electrons. The number of rotatable bonds is 6. The van der Waals surface area contributed by atoms with Crippen LogP contribution < -0.4 is 4.74 Å². The second-order valence-corrected chi connectivity index (χ2v) is 7.18. The number of ether oxygens (including phenoxy) is 2. The molecule has 0 saturated carbocycles. The predicted molar refractivity (Wildman–Crippen MR) is 110 cm³/mol. The van der Waals surface area contributed by atoms with E-state index in [1.165, 1.54) is 5.56 Å². The van der Waals surface area contributed by atoms with Crippen molar-refractivity contribution in [3.8, 4) is 5.75 Å². The Balaban J connectivity index is 1.41. The van der Waals surface area contributed by atoms with Gasteiger partial charge in [0.15, 0.2) is 5.82 Å². The van der Waals surface area contributed by atoms with Crippen molar-refractivity contribution in [3.05, 3.63) is 75.8 Å². The quantitative estimate of drug-likeness (QED) is 0.492. The van der Waals surface area contributed by atoms with Gasteiger partial charge in [0, 0.05) is 6.61 Å². The molecule has 0 radical (unpaired) electrons. The van der Waals surface area contributed by atoms with Gasteiger partial charge in [0.05, 0.1) is 6.21 Å². The SMILES string of the molecule is Cc1ccc(COc2ccc(/C=N\n3c([C@@H]4CCCO4)n[nH]c3=S)cc2)cc1. The molecule has 2 heterocycles. The first-order chi connectivity index (χ1) is 13.7. The number of benzene rings is 2. The van der Waals surface area contributed by atoms with Crippen molar-refractivity contribution in [1.82, 2.24) is 14.9 Å². The maximum absolute atomic E-state index is 5.85. The first kappa shape index (κ1) is 18.6. The molecule has 7 heteroatoms. The summed E-state index contributed by atoms with van der Waals surface area (Å²) in [6.45, 7) is 3.37. The van der Waals surface area contributed by atoms with Gasteiger partial charge in [-0.3, -0.25) is 5.10 Å². The highest BCUT2D eigenvalue weighted by Gasteiger charge is 2.23. The van der Waals surface area contributed by atoms with E-state index in [-0.39, 0.29) is 6.10 Å². The fourth-order valence-electron chi connectivity index (χ4n) is 3.03. The first-order valence-electron chi connectivity index (χ1n) is 9.31. The number of aromatic nitrogens is 3. The molecule has 3 aromatic rings. The summed E-state index contributed by atoms with van der Waals surface area (Å²) in [7, 11) is 0. The molecule has 1 aliphatic heterocycles. The smallest absolute Gasteiger partial charge is 0.216 e. The molecule has 0 bridgehead atoms.